The van der Waals surface area contributed by atoms with Crippen molar-refractivity contribution in [2.24, 2.45) is 41.4 Å². The topological polar surface area (TPSA) is 288 Å². The summed E-state index contributed by atoms with van der Waals surface area (Å²) in [6.07, 6.45) is 3.01. The highest BCUT2D eigenvalue weighted by molar-refractivity contribution is 5.99. The number of rotatable bonds is 15. The number of carbonyl (C=O) groups is 11. The Morgan fingerprint density at radius 3 is 1.38 bits per heavy atom. The molecule has 0 aliphatic carbocycles. The van der Waals surface area contributed by atoms with Crippen molar-refractivity contribution in [3.05, 3.63) is 12.2 Å². The summed E-state index contributed by atoms with van der Waals surface area (Å²) < 4.78 is 0. The Morgan fingerprint density at radius 2 is 0.917 bits per heavy atom. The molecule has 0 spiro atoms. The minimum Gasteiger partial charge on any atom is -0.390 e. The van der Waals surface area contributed by atoms with Gasteiger partial charge in [0.25, 0.3) is 0 Å². The van der Waals surface area contributed by atoms with Crippen molar-refractivity contribution < 1.29 is 57.8 Å². The van der Waals surface area contributed by atoms with Gasteiger partial charge in [0.05, 0.1) is 12.6 Å². The smallest absolute Gasteiger partial charge is 0.246 e. The lowest BCUT2D eigenvalue weighted by Gasteiger charge is -2.41. The van der Waals surface area contributed by atoms with Crippen molar-refractivity contribution in [2.75, 3.05) is 48.8 Å². The number of nitrogens with zero attached hydrogens (tertiary/aromatic N) is 6. The summed E-state index contributed by atoms with van der Waals surface area (Å²) in [7, 11) is 8.46. The maximum absolute atomic E-state index is 15.1. The van der Waals surface area contributed by atoms with E-state index in [0.717, 1.165) is 9.80 Å². The van der Waals surface area contributed by atoms with Crippen molar-refractivity contribution >= 4 is 65.0 Å². The molecule has 23 nitrogen and oxygen atoms in total. The van der Waals surface area contributed by atoms with Crippen LogP contribution in [0.5, 0.6) is 0 Å². The SMILES string of the molecule is CC=CCC(C)C(O)C1C(=O)NC(CC)C(=O)N(C)CC(=O)N(C)C(CC(C)C)C(=O)NC(C(C)C)C(=O)NC(CC(C)C)C(=O)NC(C)C(=O)NC(C)C(=O)N(C)C(CC(C)C)C(=O)N(C)C(CC(C)C)C(=O)N(C)C(C(C)C)C(=O)N1C. The second-order valence-electron chi connectivity index (χ2n) is 25.7. The number of aliphatic hydroxyl groups is 1. The Hall–Kier alpha value is -6.13. The van der Waals surface area contributed by atoms with E-state index in [1.165, 1.54) is 75.7 Å². The summed E-state index contributed by atoms with van der Waals surface area (Å²) in [4.78, 5) is 166. The predicted octanol–water partition coefficient (Wildman–Crippen LogP) is 2.93. The molecule has 0 bridgehead atoms. The molecule has 84 heavy (non-hydrogen) atoms. The van der Waals surface area contributed by atoms with Crippen LogP contribution in [0.3, 0.4) is 0 Å². The largest absolute Gasteiger partial charge is 0.390 e. The van der Waals surface area contributed by atoms with Crippen LogP contribution in [0.1, 0.15) is 156 Å². The maximum atomic E-state index is 15.1. The fourth-order valence-electron chi connectivity index (χ4n) is 10.4. The molecule has 480 valence electrons. The van der Waals surface area contributed by atoms with E-state index in [4.69, 9.17) is 0 Å². The van der Waals surface area contributed by atoms with Crippen molar-refractivity contribution in [1.29, 1.82) is 0 Å². The van der Waals surface area contributed by atoms with Gasteiger partial charge >= 0.3 is 0 Å². The molecule has 1 fully saturated rings. The Bertz CT molecular complexity index is 2290. The molecule has 1 aliphatic rings. The van der Waals surface area contributed by atoms with E-state index in [1.807, 2.05) is 55.4 Å². The first-order valence-electron chi connectivity index (χ1n) is 30.2. The molecule has 0 aromatic carbocycles. The fraction of sp³-hybridized carbons (Fsp3) is 0.787. The summed E-state index contributed by atoms with van der Waals surface area (Å²) in [5.74, 6) is -9.87. The van der Waals surface area contributed by atoms with E-state index < -0.39 is 156 Å². The van der Waals surface area contributed by atoms with Crippen LogP contribution in [-0.4, -0.2) is 215 Å². The summed E-state index contributed by atoms with van der Waals surface area (Å²) in [6.45, 7) is 29.2. The quantitative estimate of drug-likeness (QED) is 0.129. The van der Waals surface area contributed by atoms with Gasteiger partial charge in [0, 0.05) is 42.3 Å². The second kappa shape index (κ2) is 34.7. The fourth-order valence-corrected chi connectivity index (χ4v) is 10.4. The van der Waals surface area contributed by atoms with Gasteiger partial charge in [-0.2, -0.15) is 0 Å². The number of amides is 11. The molecule has 1 aliphatic heterocycles. The van der Waals surface area contributed by atoms with Gasteiger partial charge < -0.3 is 61.1 Å². The van der Waals surface area contributed by atoms with Crippen LogP contribution in [0.25, 0.3) is 0 Å². The zero-order valence-electron chi connectivity index (χ0n) is 55.1. The number of likely N-dealkylation sites (N-methyl/N-ethyl adjacent to an activating group) is 6. The lowest BCUT2D eigenvalue weighted by molar-refractivity contribution is -0.157. The van der Waals surface area contributed by atoms with Crippen molar-refractivity contribution in [2.45, 2.75) is 223 Å². The second-order valence-corrected chi connectivity index (χ2v) is 25.7. The van der Waals surface area contributed by atoms with Gasteiger partial charge in [-0.25, -0.2) is 0 Å². The highest BCUT2D eigenvalue weighted by Crippen LogP contribution is 2.25. The Morgan fingerprint density at radius 1 is 0.464 bits per heavy atom. The molecule has 6 N–H and O–H groups in total. The van der Waals surface area contributed by atoms with Crippen LogP contribution in [0.2, 0.25) is 0 Å². The van der Waals surface area contributed by atoms with Crippen LogP contribution in [-0.2, 0) is 52.7 Å². The van der Waals surface area contributed by atoms with Gasteiger partial charge in [0.1, 0.15) is 60.4 Å². The Labute approximate surface area is 502 Å². The third-order valence-electron chi connectivity index (χ3n) is 15.6. The molecule has 12 unspecified atom stereocenters. The molecule has 1 rings (SSSR count). The molecular weight excluding hydrogens is 1080 g/mol. The van der Waals surface area contributed by atoms with Gasteiger partial charge in [-0.05, 0) is 101 Å². The first-order valence-corrected chi connectivity index (χ1v) is 30.2. The average Bonchev–Trinajstić information content (AvgIpc) is 3.53. The standard InChI is InChI=1S/C61H109N11O12/c1-24-26-27-39(15)51(74)50-56(79)64-42(25-2)58(81)67(18)32-47(73)68(19)44(29-34(5)6)54(77)66-48(37(11)12)55(78)65-43(28-33(3)4)53(76)62-40(16)52(75)63-41(17)57(80)69(20)45(30-35(7)8)59(82)70(21)46(31-36(9)10)60(83)71(22)49(38(13)14)61(84)72(50)23/h24,26,33-46,48-51,74H,25,27-32H2,1-23H3,(H,62,76)(H,63,75)(H,64,79)(H,65,78)(H,66,77). The lowest BCUT2D eigenvalue weighted by Crippen LogP contribution is -2.63. The minimum atomic E-state index is -1.61. The summed E-state index contributed by atoms with van der Waals surface area (Å²) >= 11 is 0. The summed E-state index contributed by atoms with van der Waals surface area (Å²) in [5, 5.41) is 25.7. The molecule has 1 saturated heterocycles. The minimum absolute atomic E-state index is 0.0225. The van der Waals surface area contributed by atoms with E-state index >= 15 is 9.59 Å². The third kappa shape index (κ3) is 21.7. The zero-order valence-corrected chi connectivity index (χ0v) is 55.1. The van der Waals surface area contributed by atoms with Crippen molar-refractivity contribution in [1.82, 2.24) is 56.0 Å². The monoisotopic (exact) mass is 1190 g/mol. The molecule has 23 heteroatoms. The first kappa shape index (κ1) is 75.9. The highest BCUT2D eigenvalue weighted by Gasteiger charge is 2.45. The molecule has 0 saturated carbocycles. The van der Waals surface area contributed by atoms with E-state index in [1.54, 1.807) is 60.6 Å². The van der Waals surface area contributed by atoms with Crippen LogP contribution < -0.4 is 26.6 Å². The van der Waals surface area contributed by atoms with E-state index in [-0.39, 0.29) is 55.8 Å². The van der Waals surface area contributed by atoms with Crippen LogP contribution >= 0.6 is 0 Å². The maximum Gasteiger partial charge on any atom is 0.246 e. The zero-order chi connectivity index (χ0) is 65.1. The molecule has 0 aromatic heterocycles. The molecule has 12 atom stereocenters. The number of hydrogen-bond acceptors (Lipinski definition) is 12. The number of hydrogen-bond donors (Lipinski definition) is 6. The van der Waals surface area contributed by atoms with Crippen molar-refractivity contribution in [3.63, 3.8) is 0 Å². The molecule has 11 amide bonds. The van der Waals surface area contributed by atoms with E-state index in [2.05, 4.69) is 26.6 Å². The predicted molar refractivity (Wildman–Crippen MR) is 324 cm³/mol. The van der Waals surface area contributed by atoms with Gasteiger partial charge in [-0.1, -0.05) is 109 Å². The normalized spacial score (nSPS) is 27.0. The van der Waals surface area contributed by atoms with Gasteiger partial charge in [-0.15, -0.1) is 0 Å². The first-order chi connectivity index (χ1) is 38.8. The van der Waals surface area contributed by atoms with Crippen molar-refractivity contribution in [3.8, 4) is 0 Å². The number of allylic oxidation sites excluding steroid dienone is 2. The lowest BCUT2D eigenvalue weighted by atomic mass is 9.91. The Kier molecular flexibility index (Phi) is 31.4. The summed E-state index contributed by atoms with van der Waals surface area (Å²) in [5.41, 5.74) is 0. The molecule has 0 radical (unpaired) electrons. The molecule has 0 aromatic rings. The molecular formula is C61H109N11O12. The van der Waals surface area contributed by atoms with Gasteiger partial charge in [0.15, 0.2) is 0 Å². The van der Waals surface area contributed by atoms with E-state index in [0.29, 0.717) is 6.42 Å². The van der Waals surface area contributed by atoms with Crippen LogP contribution in [0, 0.1) is 41.4 Å². The van der Waals surface area contributed by atoms with Crippen LogP contribution in [0.15, 0.2) is 12.2 Å². The number of aliphatic hydroxyl groups excluding tert-OH is 1. The molecule has 1 heterocycles. The van der Waals surface area contributed by atoms with Crippen LogP contribution in [0.4, 0.5) is 0 Å². The van der Waals surface area contributed by atoms with Gasteiger partial charge in [0.2, 0.25) is 65.0 Å². The Balaban J connectivity index is 4.28. The number of carbonyl (C=O) groups excluding carboxylic acids is 11. The van der Waals surface area contributed by atoms with E-state index in [9.17, 15) is 48.3 Å². The average molecular weight is 1190 g/mol. The number of nitrogens with one attached hydrogen (secondary N) is 5. The third-order valence-corrected chi connectivity index (χ3v) is 15.6. The highest BCUT2D eigenvalue weighted by atomic mass is 16.3. The van der Waals surface area contributed by atoms with Gasteiger partial charge in [-0.3, -0.25) is 52.7 Å². The summed E-state index contributed by atoms with van der Waals surface area (Å²) in [6, 6.07) is -12.4.